The lowest BCUT2D eigenvalue weighted by molar-refractivity contribution is 0.0782. The molecule has 0 heterocycles. The Hall–Kier alpha value is -2.33. The standard InChI is InChI=1S/C16H18N2O2/c1-18(11-13-6-4-5-12(9-13)10-17)16(20)14-7-2-3-8-15(14)19/h2-9,19H,10-11,17H2,1H3. The van der Waals surface area contributed by atoms with Gasteiger partial charge in [0.25, 0.3) is 5.91 Å². The van der Waals surface area contributed by atoms with Crippen molar-refractivity contribution < 1.29 is 9.90 Å². The Balaban J connectivity index is 2.13. The Kier molecular flexibility index (Phi) is 4.38. The van der Waals surface area contributed by atoms with Gasteiger partial charge in [0.1, 0.15) is 5.75 Å². The molecule has 4 nitrogen and oxygen atoms in total. The van der Waals surface area contributed by atoms with Gasteiger partial charge in [-0.1, -0.05) is 36.4 Å². The molecule has 0 aliphatic heterocycles. The fraction of sp³-hybridized carbons (Fsp3) is 0.188. The van der Waals surface area contributed by atoms with Crippen molar-refractivity contribution in [2.45, 2.75) is 13.1 Å². The Morgan fingerprint density at radius 1 is 1.15 bits per heavy atom. The van der Waals surface area contributed by atoms with E-state index in [1.54, 1.807) is 30.1 Å². The summed E-state index contributed by atoms with van der Waals surface area (Å²) >= 11 is 0. The molecular weight excluding hydrogens is 252 g/mol. The minimum atomic E-state index is -0.207. The number of aromatic hydroxyl groups is 1. The molecule has 20 heavy (non-hydrogen) atoms. The second kappa shape index (κ2) is 6.21. The first-order chi connectivity index (χ1) is 9.61. The van der Waals surface area contributed by atoms with Gasteiger partial charge < -0.3 is 15.7 Å². The molecule has 0 saturated carbocycles. The number of nitrogens with zero attached hydrogens (tertiary/aromatic N) is 1. The molecule has 0 spiro atoms. The van der Waals surface area contributed by atoms with Crippen LogP contribution in [0, 0.1) is 0 Å². The van der Waals surface area contributed by atoms with Gasteiger partial charge in [-0.2, -0.15) is 0 Å². The lowest BCUT2D eigenvalue weighted by atomic mass is 10.1. The van der Waals surface area contributed by atoms with Gasteiger partial charge in [0.2, 0.25) is 0 Å². The van der Waals surface area contributed by atoms with Crippen molar-refractivity contribution in [1.82, 2.24) is 4.90 Å². The molecule has 0 atom stereocenters. The average Bonchev–Trinajstić information content (AvgIpc) is 2.47. The second-order valence-corrected chi connectivity index (χ2v) is 4.70. The molecular formula is C16H18N2O2. The van der Waals surface area contributed by atoms with Crippen molar-refractivity contribution in [2.75, 3.05) is 7.05 Å². The third kappa shape index (κ3) is 3.16. The molecule has 0 aromatic heterocycles. The van der Waals surface area contributed by atoms with Gasteiger partial charge in [-0.05, 0) is 23.3 Å². The summed E-state index contributed by atoms with van der Waals surface area (Å²) < 4.78 is 0. The molecule has 2 rings (SSSR count). The first-order valence-corrected chi connectivity index (χ1v) is 6.43. The zero-order valence-electron chi connectivity index (χ0n) is 11.4. The Morgan fingerprint density at radius 3 is 2.55 bits per heavy atom. The van der Waals surface area contributed by atoms with Gasteiger partial charge in [-0.15, -0.1) is 0 Å². The SMILES string of the molecule is CN(Cc1cccc(CN)c1)C(=O)c1ccccc1O. The van der Waals surface area contributed by atoms with Crippen molar-refractivity contribution in [3.63, 3.8) is 0 Å². The van der Waals surface area contributed by atoms with E-state index in [-0.39, 0.29) is 11.7 Å². The minimum Gasteiger partial charge on any atom is -0.507 e. The number of rotatable bonds is 4. The van der Waals surface area contributed by atoms with Crippen molar-refractivity contribution in [3.05, 3.63) is 65.2 Å². The number of phenolic OH excluding ortho intramolecular Hbond substituents is 1. The Labute approximate surface area is 118 Å². The summed E-state index contributed by atoms with van der Waals surface area (Å²) in [4.78, 5) is 13.8. The molecule has 0 bridgehead atoms. The molecule has 3 N–H and O–H groups in total. The van der Waals surface area contributed by atoms with Crippen molar-refractivity contribution in [3.8, 4) is 5.75 Å². The molecule has 4 heteroatoms. The van der Waals surface area contributed by atoms with Crippen LogP contribution < -0.4 is 5.73 Å². The fourth-order valence-electron chi connectivity index (χ4n) is 2.06. The smallest absolute Gasteiger partial charge is 0.257 e. The van der Waals surface area contributed by atoms with Gasteiger partial charge in [0.05, 0.1) is 5.56 Å². The summed E-state index contributed by atoms with van der Waals surface area (Å²) in [5, 5.41) is 9.71. The summed E-state index contributed by atoms with van der Waals surface area (Å²) in [6.07, 6.45) is 0. The molecule has 1 amide bonds. The van der Waals surface area contributed by atoms with Gasteiger partial charge in [-0.25, -0.2) is 0 Å². The topological polar surface area (TPSA) is 66.6 Å². The van der Waals surface area contributed by atoms with Crippen LogP contribution in [0.1, 0.15) is 21.5 Å². The highest BCUT2D eigenvalue weighted by molar-refractivity contribution is 5.96. The predicted octanol–water partition coefficient (Wildman–Crippen LogP) is 2.12. The van der Waals surface area contributed by atoms with E-state index in [4.69, 9.17) is 5.73 Å². The molecule has 2 aromatic carbocycles. The zero-order chi connectivity index (χ0) is 14.5. The third-order valence-corrected chi connectivity index (χ3v) is 3.13. The van der Waals surface area contributed by atoms with Gasteiger partial charge in [0.15, 0.2) is 0 Å². The summed E-state index contributed by atoms with van der Waals surface area (Å²) in [5.74, 6) is -0.207. The van der Waals surface area contributed by atoms with E-state index >= 15 is 0 Å². The lowest BCUT2D eigenvalue weighted by Crippen LogP contribution is -2.26. The van der Waals surface area contributed by atoms with Crippen LogP contribution in [0.4, 0.5) is 0 Å². The average molecular weight is 270 g/mol. The van der Waals surface area contributed by atoms with Crippen molar-refractivity contribution in [1.29, 1.82) is 0 Å². The Bertz CT molecular complexity index is 611. The number of benzene rings is 2. The van der Waals surface area contributed by atoms with E-state index in [1.165, 1.54) is 6.07 Å². The molecule has 0 radical (unpaired) electrons. The molecule has 0 unspecified atom stereocenters. The first-order valence-electron chi connectivity index (χ1n) is 6.43. The summed E-state index contributed by atoms with van der Waals surface area (Å²) in [6.45, 7) is 0.950. The second-order valence-electron chi connectivity index (χ2n) is 4.70. The summed E-state index contributed by atoms with van der Waals surface area (Å²) in [5.41, 5.74) is 7.96. The highest BCUT2D eigenvalue weighted by Gasteiger charge is 2.15. The maximum absolute atomic E-state index is 12.3. The largest absolute Gasteiger partial charge is 0.507 e. The molecule has 0 aliphatic rings. The molecule has 104 valence electrons. The first kappa shape index (κ1) is 14.1. The van der Waals surface area contributed by atoms with Crippen LogP contribution in [-0.2, 0) is 13.1 Å². The number of carbonyl (C=O) groups is 1. The quantitative estimate of drug-likeness (QED) is 0.894. The molecule has 2 aromatic rings. The van der Waals surface area contributed by atoms with Crippen LogP contribution >= 0.6 is 0 Å². The zero-order valence-corrected chi connectivity index (χ0v) is 11.4. The summed E-state index contributed by atoms with van der Waals surface area (Å²) in [6, 6.07) is 14.4. The molecule has 0 aliphatic carbocycles. The number of amides is 1. The lowest BCUT2D eigenvalue weighted by Gasteiger charge is -2.18. The van der Waals surface area contributed by atoms with Gasteiger partial charge >= 0.3 is 0 Å². The van der Waals surface area contributed by atoms with E-state index in [9.17, 15) is 9.90 Å². The van der Waals surface area contributed by atoms with E-state index in [2.05, 4.69) is 0 Å². The van der Waals surface area contributed by atoms with E-state index in [0.717, 1.165) is 11.1 Å². The third-order valence-electron chi connectivity index (χ3n) is 3.13. The van der Waals surface area contributed by atoms with E-state index in [1.807, 2.05) is 24.3 Å². The number of carbonyl (C=O) groups excluding carboxylic acids is 1. The van der Waals surface area contributed by atoms with Crippen LogP contribution in [0.25, 0.3) is 0 Å². The number of nitrogens with two attached hydrogens (primary N) is 1. The van der Waals surface area contributed by atoms with E-state index in [0.29, 0.717) is 18.7 Å². The minimum absolute atomic E-state index is 0.0000545. The molecule has 0 saturated heterocycles. The number of hydrogen-bond donors (Lipinski definition) is 2. The van der Waals surface area contributed by atoms with Crippen molar-refractivity contribution >= 4 is 5.91 Å². The van der Waals surface area contributed by atoms with Crippen LogP contribution in [0.5, 0.6) is 5.75 Å². The van der Waals surface area contributed by atoms with Gasteiger partial charge in [0, 0.05) is 20.1 Å². The molecule has 0 fully saturated rings. The monoisotopic (exact) mass is 270 g/mol. The maximum Gasteiger partial charge on any atom is 0.257 e. The number of phenols is 1. The van der Waals surface area contributed by atoms with Crippen molar-refractivity contribution in [2.24, 2.45) is 5.73 Å². The highest BCUT2D eigenvalue weighted by atomic mass is 16.3. The maximum atomic E-state index is 12.3. The fourth-order valence-corrected chi connectivity index (χ4v) is 2.06. The normalized spacial score (nSPS) is 10.3. The van der Waals surface area contributed by atoms with Crippen LogP contribution in [0.2, 0.25) is 0 Å². The van der Waals surface area contributed by atoms with Crippen LogP contribution in [-0.4, -0.2) is 23.0 Å². The van der Waals surface area contributed by atoms with Gasteiger partial charge in [-0.3, -0.25) is 4.79 Å². The Morgan fingerprint density at radius 2 is 1.85 bits per heavy atom. The van der Waals surface area contributed by atoms with Crippen LogP contribution in [0.3, 0.4) is 0 Å². The summed E-state index contributed by atoms with van der Waals surface area (Å²) in [7, 11) is 1.71. The number of hydrogen-bond acceptors (Lipinski definition) is 3. The highest BCUT2D eigenvalue weighted by Crippen LogP contribution is 2.18. The van der Waals surface area contributed by atoms with Crippen LogP contribution in [0.15, 0.2) is 48.5 Å². The van der Waals surface area contributed by atoms with E-state index < -0.39 is 0 Å². The number of para-hydroxylation sites is 1. The predicted molar refractivity (Wildman–Crippen MR) is 78.2 cm³/mol.